The molecule has 1 unspecified atom stereocenters. The molecule has 1 fully saturated rings. The van der Waals surface area contributed by atoms with Gasteiger partial charge in [-0.25, -0.2) is 0 Å². The Bertz CT molecular complexity index is 337. The third-order valence-corrected chi connectivity index (χ3v) is 4.10. The second kappa shape index (κ2) is 6.98. The molecule has 0 aromatic carbocycles. The van der Waals surface area contributed by atoms with Gasteiger partial charge in [-0.05, 0) is 44.7 Å². The molecule has 1 aromatic heterocycles. The van der Waals surface area contributed by atoms with Gasteiger partial charge in [-0.1, -0.05) is 32.6 Å². The summed E-state index contributed by atoms with van der Waals surface area (Å²) in [6.45, 7) is 5.37. The lowest BCUT2D eigenvalue weighted by molar-refractivity contribution is 0.324. The van der Waals surface area contributed by atoms with Crippen molar-refractivity contribution in [2.45, 2.75) is 64.8 Å². The third-order valence-electron chi connectivity index (χ3n) is 4.10. The molecular weight excluding hydrogens is 222 g/mol. The van der Waals surface area contributed by atoms with Crippen LogP contribution >= 0.6 is 0 Å². The minimum atomic E-state index is 0.500. The largest absolute Gasteiger partial charge is 0.469 e. The van der Waals surface area contributed by atoms with E-state index in [0.717, 1.165) is 18.2 Å². The summed E-state index contributed by atoms with van der Waals surface area (Å²) in [5.74, 6) is 1.82. The summed E-state index contributed by atoms with van der Waals surface area (Å²) >= 11 is 0. The van der Waals surface area contributed by atoms with Crippen molar-refractivity contribution in [1.29, 1.82) is 0 Å². The van der Waals surface area contributed by atoms with E-state index in [1.54, 1.807) is 0 Å². The molecule has 2 heteroatoms. The van der Waals surface area contributed by atoms with Gasteiger partial charge in [-0.15, -0.1) is 0 Å². The Hall–Kier alpha value is -0.760. The van der Waals surface area contributed by atoms with Gasteiger partial charge in [0, 0.05) is 11.6 Å². The molecule has 1 N–H and O–H groups in total. The maximum Gasteiger partial charge on any atom is 0.101 e. The summed E-state index contributed by atoms with van der Waals surface area (Å²) in [4.78, 5) is 0. The Kier molecular flexibility index (Phi) is 5.30. The minimum Gasteiger partial charge on any atom is -0.469 e. The molecule has 2 rings (SSSR count). The number of hydrogen-bond donors (Lipinski definition) is 1. The van der Waals surface area contributed by atoms with Crippen molar-refractivity contribution in [2.75, 3.05) is 6.54 Å². The van der Waals surface area contributed by atoms with Crippen molar-refractivity contribution in [3.05, 3.63) is 23.7 Å². The molecular formula is C16H27NO. The van der Waals surface area contributed by atoms with Crippen LogP contribution in [0.15, 0.2) is 16.7 Å². The lowest BCUT2D eigenvalue weighted by Crippen LogP contribution is -2.28. The molecule has 0 bridgehead atoms. The van der Waals surface area contributed by atoms with Gasteiger partial charge in [0.2, 0.25) is 0 Å². The first-order valence-electron chi connectivity index (χ1n) is 7.59. The molecule has 2 nitrogen and oxygen atoms in total. The molecule has 0 radical (unpaired) electrons. The zero-order valence-electron chi connectivity index (χ0n) is 11.9. The van der Waals surface area contributed by atoms with Crippen LogP contribution in [0.25, 0.3) is 0 Å². The van der Waals surface area contributed by atoms with Crippen LogP contribution in [-0.4, -0.2) is 6.54 Å². The van der Waals surface area contributed by atoms with Gasteiger partial charge in [-0.3, -0.25) is 0 Å². The molecule has 1 aliphatic rings. The molecule has 102 valence electrons. The van der Waals surface area contributed by atoms with Gasteiger partial charge in [0.05, 0.1) is 6.26 Å². The summed E-state index contributed by atoms with van der Waals surface area (Å²) in [6.07, 6.45) is 11.5. The Morgan fingerprint density at radius 2 is 2.00 bits per heavy atom. The van der Waals surface area contributed by atoms with Crippen molar-refractivity contribution in [2.24, 2.45) is 5.92 Å². The smallest absolute Gasteiger partial charge is 0.101 e. The van der Waals surface area contributed by atoms with Crippen LogP contribution in [0.1, 0.15) is 69.2 Å². The molecule has 0 saturated heterocycles. The average Bonchev–Trinajstić information content (AvgIpc) is 2.65. The zero-order valence-corrected chi connectivity index (χ0v) is 11.9. The van der Waals surface area contributed by atoms with E-state index in [1.807, 2.05) is 13.2 Å². The number of rotatable bonds is 5. The van der Waals surface area contributed by atoms with Gasteiger partial charge in [-0.2, -0.15) is 0 Å². The van der Waals surface area contributed by atoms with E-state index in [2.05, 4.69) is 18.3 Å². The summed E-state index contributed by atoms with van der Waals surface area (Å²) < 4.78 is 5.51. The summed E-state index contributed by atoms with van der Waals surface area (Å²) in [6, 6.07) is 2.71. The van der Waals surface area contributed by atoms with E-state index in [4.69, 9.17) is 4.42 Å². The standard InChI is InChI=1S/C16H27NO/c1-3-10-17-16(15-11-13(2)18-12-15)14-8-6-4-5-7-9-14/h11-12,14,16-17H,3-10H2,1-2H3. The lowest BCUT2D eigenvalue weighted by atomic mass is 9.88. The van der Waals surface area contributed by atoms with E-state index in [1.165, 1.54) is 50.5 Å². The molecule has 1 saturated carbocycles. The maximum absolute atomic E-state index is 5.51. The average molecular weight is 249 g/mol. The first-order chi connectivity index (χ1) is 8.81. The predicted molar refractivity (Wildman–Crippen MR) is 75.7 cm³/mol. The minimum absolute atomic E-state index is 0.500. The van der Waals surface area contributed by atoms with Crippen molar-refractivity contribution < 1.29 is 4.42 Å². The second-order valence-electron chi connectivity index (χ2n) is 5.67. The third kappa shape index (κ3) is 3.61. The second-order valence-corrected chi connectivity index (χ2v) is 5.67. The monoisotopic (exact) mass is 249 g/mol. The number of nitrogens with one attached hydrogen (secondary N) is 1. The van der Waals surface area contributed by atoms with Gasteiger partial charge < -0.3 is 9.73 Å². The van der Waals surface area contributed by atoms with Crippen molar-refractivity contribution in [3.63, 3.8) is 0 Å². The first-order valence-corrected chi connectivity index (χ1v) is 7.59. The van der Waals surface area contributed by atoms with Crippen LogP contribution in [0, 0.1) is 12.8 Å². The van der Waals surface area contributed by atoms with E-state index < -0.39 is 0 Å². The maximum atomic E-state index is 5.51. The molecule has 0 amide bonds. The number of furan rings is 1. The van der Waals surface area contributed by atoms with Crippen LogP contribution < -0.4 is 5.32 Å². The van der Waals surface area contributed by atoms with Gasteiger partial charge in [0.15, 0.2) is 0 Å². The van der Waals surface area contributed by atoms with Gasteiger partial charge in [0.25, 0.3) is 0 Å². The van der Waals surface area contributed by atoms with Crippen molar-refractivity contribution >= 4 is 0 Å². The fourth-order valence-electron chi connectivity index (χ4n) is 3.13. The first kappa shape index (κ1) is 13.7. The summed E-state index contributed by atoms with van der Waals surface area (Å²) in [7, 11) is 0. The Balaban J connectivity index is 2.07. The molecule has 1 atom stereocenters. The van der Waals surface area contributed by atoms with Crippen molar-refractivity contribution in [1.82, 2.24) is 5.32 Å². The fraction of sp³-hybridized carbons (Fsp3) is 0.750. The molecule has 1 aromatic rings. The fourth-order valence-corrected chi connectivity index (χ4v) is 3.13. The molecule has 0 spiro atoms. The number of hydrogen-bond acceptors (Lipinski definition) is 2. The van der Waals surface area contributed by atoms with Crippen LogP contribution in [0.2, 0.25) is 0 Å². The normalized spacial score (nSPS) is 19.7. The summed E-state index contributed by atoms with van der Waals surface area (Å²) in [5, 5.41) is 3.74. The van der Waals surface area contributed by atoms with Gasteiger partial charge in [0.1, 0.15) is 5.76 Å². The lowest BCUT2D eigenvalue weighted by Gasteiger charge is -2.26. The van der Waals surface area contributed by atoms with E-state index >= 15 is 0 Å². The van der Waals surface area contributed by atoms with Gasteiger partial charge >= 0.3 is 0 Å². The number of aryl methyl sites for hydroxylation is 1. The SMILES string of the molecule is CCCNC(c1coc(C)c1)C1CCCCCC1. The van der Waals surface area contributed by atoms with E-state index in [0.29, 0.717) is 6.04 Å². The molecule has 1 heterocycles. The molecule has 18 heavy (non-hydrogen) atoms. The molecule has 1 aliphatic carbocycles. The highest BCUT2D eigenvalue weighted by molar-refractivity contribution is 5.17. The highest BCUT2D eigenvalue weighted by atomic mass is 16.3. The van der Waals surface area contributed by atoms with E-state index in [9.17, 15) is 0 Å². The topological polar surface area (TPSA) is 25.2 Å². The quantitative estimate of drug-likeness (QED) is 0.771. The molecule has 0 aliphatic heterocycles. The highest BCUT2D eigenvalue weighted by Gasteiger charge is 2.24. The van der Waals surface area contributed by atoms with Crippen LogP contribution in [0.4, 0.5) is 0 Å². The Morgan fingerprint density at radius 3 is 2.56 bits per heavy atom. The summed E-state index contributed by atoms with van der Waals surface area (Å²) in [5.41, 5.74) is 1.35. The van der Waals surface area contributed by atoms with Crippen molar-refractivity contribution in [3.8, 4) is 0 Å². The Labute approximate surface area is 111 Å². The van der Waals surface area contributed by atoms with Crippen LogP contribution in [0.3, 0.4) is 0 Å². The van der Waals surface area contributed by atoms with Crippen LogP contribution in [0.5, 0.6) is 0 Å². The zero-order chi connectivity index (χ0) is 12.8. The highest BCUT2D eigenvalue weighted by Crippen LogP contribution is 2.34. The van der Waals surface area contributed by atoms with Crippen LogP contribution in [-0.2, 0) is 0 Å². The predicted octanol–water partition coefficient (Wildman–Crippen LogP) is 4.60. The van der Waals surface area contributed by atoms with E-state index in [-0.39, 0.29) is 0 Å². The Morgan fingerprint density at radius 1 is 1.28 bits per heavy atom.